The van der Waals surface area contributed by atoms with E-state index in [0.717, 1.165) is 12.8 Å². The zero-order chi connectivity index (χ0) is 10.6. The van der Waals surface area contributed by atoms with Crippen LogP contribution in [0.5, 0.6) is 5.75 Å². The predicted molar refractivity (Wildman–Crippen MR) is 55.8 cm³/mol. The molecule has 14 heavy (non-hydrogen) atoms. The third kappa shape index (κ3) is 2.37. The van der Waals surface area contributed by atoms with Gasteiger partial charge in [-0.25, -0.2) is 4.39 Å². The van der Waals surface area contributed by atoms with Crippen LogP contribution in [0, 0.1) is 5.82 Å². The summed E-state index contributed by atoms with van der Waals surface area (Å²) >= 11 is 0. The summed E-state index contributed by atoms with van der Waals surface area (Å²) in [5, 5.41) is 0. The molecule has 1 aromatic rings. The van der Waals surface area contributed by atoms with Gasteiger partial charge in [0.15, 0.2) is 0 Å². The molecule has 0 heterocycles. The van der Waals surface area contributed by atoms with E-state index in [-0.39, 0.29) is 11.8 Å². The molecule has 1 rings (SSSR count). The Morgan fingerprint density at radius 1 is 1.36 bits per heavy atom. The molecular formula is C11H16FNO. The van der Waals surface area contributed by atoms with Crippen LogP contribution in [0.1, 0.15) is 26.7 Å². The highest BCUT2D eigenvalue weighted by molar-refractivity contribution is 5.53. The zero-order valence-electron chi connectivity index (χ0n) is 8.59. The van der Waals surface area contributed by atoms with E-state index in [1.807, 2.05) is 13.8 Å². The Morgan fingerprint density at radius 3 is 2.57 bits per heavy atom. The second-order valence-corrected chi connectivity index (χ2v) is 3.21. The molecule has 2 N–H and O–H groups in total. The largest absolute Gasteiger partial charge is 0.488 e. The zero-order valence-corrected chi connectivity index (χ0v) is 8.59. The van der Waals surface area contributed by atoms with Gasteiger partial charge < -0.3 is 10.5 Å². The molecule has 0 saturated heterocycles. The van der Waals surface area contributed by atoms with Gasteiger partial charge in [0, 0.05) is 0 Å². The monoisotopic (exact) mass is 197 g/mol. The summed E-state index contributed by atoms with van der Waals surface area (Å²) in [5.41, 5.74) is 5.64. The van der Waals surface area contributed by atoms with Crippen molar-refractivity contribution in [3.8, 4) is 5.75 Å². The fraction of sp³-hybridized carbons (Fsp3) is 0.455. The summed E-state index contributed by atoms with van der Waals surface area (Å²) < 4.78 is 18.6. The minimum absolute atomic E-state index is 0.0967. The molecule has 0 aliphatic heterocycles. The summed E-state index contributed by atoms with van der Waals surface area (Å²) in [6.07, 6.45) is 1.90. The van der Waals surface area contributed by atoms with Crippen LogP contribution in [-0.4, -0.2) is 6.10 Å². The first-order valence-corrected chi connectivity index (χ1v) is 4.89. The highest BCUT2D eigenvalue weighted by Gasteiger charge is 2.09. The van der Waals surface area contributed by atoms with E-state index in [1.165, 1.54) is 6.07 Å². The number of ether oxygens (including phenoxy) is 1. The minimum Gasteiger partial charge on any atom is -0.488 e. The summed E-state index contributed by atoms with van der Waals surface area (Å²) in [5.74, 6) is 0.0205. The Bertz CT molecular complexity index is 297. The molecule has 0 amide bonds. The molecule has 0 aromatic heterocycles. The molecule has 78 valence electrons. The number of rotatable bonds is 4. The topological polar surface area (TPSA) is 35.2 Å². The Morgan fingerprint density at radius 2 is 2.00 bits per heavy atom. The summed E-state index contributed by atoms with van der Waals surface area (Å²) in [4.78, 5) is 0. The third-order valence-electron chi connectivity index (χ3n) is 2.22. The van der Waals surface area contributed by atoms with Gasteiger partial charge in [0.25, 0.3) is 0 Å². The van der Waals surface area contributed by atoms with Crippen molar-refractivity contribution in [1.82, 2.24) is 0 Å². The minimum atomic E-state index is -0.423. The normalized spacial score (nSPS) is 10.6. The third-order valence-corrected chi connectivity index (χ3v) is 2.22. The van der Waals surface area contributed by atoms with E-state index in [0.29, 0.717) is 5.75 Å². The van der Waals surface area contributed by atoms with Crippen LogP contribution in [-0.2, 0) is 0 Å². The first-order chi connectivity index (χ1) is 6.69. The molecule has 0 bridgehead atoms. The lowest BCUT2D eigenvalue weighted by Crippen LogP contribution is -2.14. The van der Waals surface area contributed by atoms with Crippen LogP contribution in [0.25, 0.3) is 0 Å². The molecule has 1 aromatic carbocycles. The molecular weight excluding hydrogens is 181 g/mol. The average Bonchev–Trinajstić information content (AvgIpc) is 2.20. The molecule has 0 unspecified atom stereocenters. The van der Waals surface area contributed by atoms with E-state index >= 15 is 0 Å². The van der Waals surface area contributed by atoms with Crippen LogP contribution < -0.4 is 10.5 Å². The first-order valence-electron chi connectivity index (χ1n) is 4.89. The van der Waals surface area contributed by atoms with Crippen LogP contribution in [0.3, 0.4) is 0 Å². The first kappa shape index (κ1) is 10.8. The lowest BCUT2D eigenvalue weighted by Gasteiger charge is -2.16. The number of hydrogen-bond donors (Lipinski definition) is 1. The van der Waals surface area contributed by atoms with Gasteiger partial charge in [0.2, 0.25) is 0 Å². The smallest absolute Gasteiger partial charge is 0.149 e. The highest BCUT2D eigenvalue weighted by Crippen LogP contribution is 2.25. The maximum Gasteiger partial charge on any atom is 0.149 e. The number of nitrogen functional groups attached to an aromatic ring is 1. The number of nitrogens with two attached hydrogens (primary N) is 1. The van der Waals surface area contributed by atoms with Gasteiger partial charge in [-0.1, -0.05) is 19.9 Å². The standard InChI is InChI=1S/C11H16FNO/c1-3-8(4-2)14-10-7-5-6-9(12)11(10)13/h5-8H,3-4,13H2,1-2H3. The van der Waals surface area contributed by atoms with Crippen molar-refractivity contribution in [2.75, 3.05) is 5.73 Å². The number of hydrogen-bond acceptors (Lipinski definition) is 2. The van der Waals surface area contributed by atoms with Gasteiger partial charge in [0.05, 0.1) is 6.10 Å². The van der Waals surface area contributed by atoms with Crippen LogP contribution in [0.4, 0.5) is 10.1 Å². The van der Waals surface area contributed by atoms with Gasteiger partial charge in [-0.3, -0.25) is 0 Å². The lowest BCUT2D eigenvalue weighted by molar-refractivity contribution is 0.193. The van der Waals surface area contributed by atoms with Crippen molar-refractivity contribution in [3.05, 3.63) is 24.0 Å². The second kappa shape index (κ2) is 4.84. The van der Waals surface area contributed by atoms with Gasteiger partial charge >= 0.3 is 0 Å². The van der Waals surface area contributed by atoms with Gasteiger partial charge in [0.1, 0.15) is 17.3 Å². The molecule has 0 fully saturated rings. The SMILES string of the molecule is CCC(CC)Oc1cccc(F)c1N. The Labute approximate surface area is 83.9 Å². The van der Waals surface area contributed by atoms with Gasteiger partial charge in [-0.05, 0) is 25.0 Å². The van der Waals surface area contributed by atoms with Crippen LogP contribution in [0.15, 0.2) is 18.2 Å². The Balaban J connectivity index is 2.80. The van der Waals surface area contributed by atoms with E-state index < -0.39 is 5.82 Å². The maximum atomic E-state index is 13.0. The fourth-order valence-electron chi connectivity index (χ4n) is 1.25. The van der Waals surface area contributed by atoms with E-state index in [9.17, 15) is 4.39 Å². The van der Waals surface area contributed by atoms with Crippen molar-refractivity contribution in [2.45, 2.75) is 32.8 Å². The Kier molecular flexibility index (Phi) is 3.74. The fourth-order valence-corrected chi connectivity index (χ4v) is 1.25. The molecule has 0 atom stereocenters. The summed E-state index contributed by atoms with van der Waals surface area (Å²) in [7, 11) is 0. The van der Waals surface area contributed by atoms with Crippen molar-refractivity contribution < 1.29 is 9.13 Å². The quantitative estimate of drug-likeness (QED) is 0.753. The van der Waals surface area contributed by atoms with Crippen molar-refractivity contribution >= 4 is 5.69 Å². The maximum absolute atomic E-state index is 13.0. The van der Waals surface area contributed by atoms with Gasteiger partial charge in [-0.2, -0.15) is 0 Å². The number of halogens is 1. The number of para-hydroxylation sites is 1. The summed E-state index contributed by atoms with van der Waals surface area (Å²) in [6, 6.07) is 4.62. The molecule has 0 radical (unpaired) electrons. The van der Waals surface area contributed by atoms with Gasteiger partial charge in [-0.15, -0.1) is 0 Å². The molecule has 3 heteroatoms. The van der Waals surface area contributed by atoms with Crippen LogP contribution >= 0.6 is 0 Å². The highest BCUT2D eigenvalue weighted by atomic mass is 19.1. The summed E-state index contributed by atoms with van der Waals surface area (Å²) in [6.45, 7) is 4.06. The molecule has 0 aliphatic carbocycles. The van der Waals surface area contributed by atoms with Crippen molar-refractivity contribution in [2.24, 2.45) is 0 Å². The molecule has 0 saturated carbocycles. The van der Waals surface area contributed by atoms with E-state index in [4.69, 9.17) is 10.5 Å². The van der Waals surface area contributed by atoms with Crippen molar-refractivity contribution in [1.29, 1.82) is 0 Å². The number of anilines is 1. The molecule has 2 nitrogen and oxygen atoms in total. The van der Waals surface area contributed by atoms with E-state index in [1.54, 1.807) is 12.1 Å². The average molecular weight is 197 g/mol. The lowest BCUT2D eigenvalue weighted by atomic mass is 10.2. The van der Waals surface area contributed by atoms with Crippen molar-refractivity contribution in [3.63, 3.8) is 0 Å². The Hall–Kier alpha value is -1.25. The molecule has 0 aliphatic rings. The van der Waals surface area contributed by atoms with Crippen LogP contribution in [0.2, 0.25) is 0 Å². The predicted octanol–water partition coefficient (Wildman–Crippen LogP) is 2.98. The molecule has 0 spiro atoms. The number of benzene rings is 1. The second-order valence-electron chi connectivity index (χ2n) is 3.21. The van der Waals surface area contributed by atoms with E-state index in [2.05, 4.69) is 0 Å².